The Morgan fingerprint density at radius 3 is 2.61 bits per heavy atom. The van der Waals surface area contributed by atoms with Gasteiger partial charge in [-0.15, -0.1) is 5.92 Å². The summed E-state index contributed by atoms with van der Waals surface area (Å²) in [4.78, 5) is 0. The van der Waals surface area contributed by atoms with Crippen LogP contribution in [-0.4, -0.2) is 11.2 Å². The van der Waals surface area contributed by atoms with Gasteiger partial charge in [-0.25, -0.2) is 0 Å². The molecule has 1 aromatic carbocycles. The number of unbranched alkanes of at least 4 members (excludes halogenated alkanes) is 4. The molecule has 0 aliphatic carbocycles. The molecule has 1 aromatic rings. The van der Waals surface area contributed by atoms with E-state index in [2.05, 4.69) is 30.9 Å². The van der Waals surface area contributed by atoms with Crippen molar-refractivity contribution in [3.63, 3.8) is 0 Å². The third kappa shape index (κ3) is 7.14. The van der Waals surface area contributed by atoms with Crippen LogP contribution in [0.2, 0.25) is 0 Å². The molecule has 0 bridgehead atoms. The smallest absolute Gasteiger partial charge is 0.115 e. The molecule has 0 spiro atoms. The number of hydrogen-bond acceptors (Lipinski definition) is 1. The molecule has 0 saturated heterocycles. The van der Waals surface area contributed by atoms with E-state index in [1.54, 1.807) is 0 Å². The monoisotopic (exact) mass is 244 g/mol. The Balaban J connectivity index is 2.13. The van der Waals surface area contributed by atoms with Gasteiger partial charge in [0.25, 0.3) is 0 Å². The molecule has 1 nitrogen and oxygen atoms in total. The van der Waals surface area contributed by atoms with E-state index < -0.39 is 6.10 Å². The average Bonchev–Trinajstić information content (AvgIpc) is 2.41. The number of aryl methyl sites for hydroxylation is 1. The molecule has 98 valence electrons. The minimum atomic E-state index is -0.476. The van der Waals surface area contributed by atoms with E-state index in [-0.39, 0.29) is 0 Å². The van der Waals surface area contributed by atoms with Gasteiger partial charge in [0.05, 0.1) is 0 Å². The molecule has 0 saturated carbocycles. The summed E-state index contributed by atoms with van der Waals surface area (Å²) >= 11 is 0. The molecule has 1 N–H and O–H groups in total. The number of benzene rings is 1. The maximum Gasteiger partial charge on any atom is 0.115 e. The molecule has 1 rings (SSSR count). The first-order valence-corrected chi connectivity index (χ1v) is 7.03. The first-order valence-electron chi connectivity index (χ1n) is 7.03. The van der Waals surface area contributed by atoms with Crippen LogP contribution in [0.1, 0.15) is 51.0 Å². The van der Waals surface area contributed by atoms with Gasteiger partial charge in [-0.3, -0.25) is 0 Å². The van der Waals surface area contributed by atoms with Crippen molar-refractivity contribution >= 4 is 0 Å². The zero-order chi connectivity index (χ0) is 13.1. The number of rotatable bonds is 7. The van der Waals surface area contributed by atoms with Gasteiger partial charge in [-0.2, -0.15) is 0 Å². The fraction of sp³-hybridized carbons (Fsp3) is 0.529. The molecular formula is C17H24O. The predicted molar refractivity (Wildman–Crippen MR) is 77.3 cm³/mol. The Morgan fingerprint density at radius 2 is 1.89 bits per heavy atom. The van der Waals surface area contributed by atoms with E-state index in [1.165, 1.54) is 24.8 Å². The second kappa shape index (κ2) is 9.74. The highest BCUT2D eigenvalue weighted by Crippen LogP contribution is 2.05. The van der Waals surface area contributed by atoms with Gasteiger partial charge in [-0.1, -0.05) is 62.4 Å². The zero-order valence-corrected chi connectivity index (χ0v) is 11.4. The summed E-state index contributed by atoms with van der Waals surface area (Å²) in [6, 6.07) is 10.2. The van der Waals surface area contributed by atoms with E-state index in [0.717, 1.165) is 25.7 Å². The quantitative estimate of drug-likeness (QED) is 0.568. The Bertz CT molecular complexity index is 358. The van der Waals surface area contributed by atoms with Gasteiger partial charge in [0, 0.05) is 6.42 Å². The van der Waals surface area contributed by atoms with Crippen molar-refractivity contribution in [3.05, 3.63) is 35.9 Å². The minimum absolute atomic E-state index is 0.476. The van der Waals surface area contributed by atoms with Crippen LogP contribution in [0.15, 0.2) is 30.3 Å². The summed E-state index contributed by atoms with van der Waals surface area (Å²) < 4.78 is 0. The predicted octanol–water partition coefficient (Wildman–Crippen LogP) is 3.95. The SMILES string of the molecule is CCCCCCC#CC(O)CCc1ccccc1. The molecule has 0 fully saturated rings. The summed E-state index contributed by atoms with van der Waals surface area (Å²) in [6.45, 7) is 2.21. The second-order valence-corrected chi connectivity index (χ2v) is 4.67. The largest absolute Gasteiger partial charge is 0.380 e. The molecule has 1 atom stereocenters. The van der Waals surface area contributed by atoms with Crippen molar-refractivity contribution in [1.29, 1.82) is 0 Å². The van der Waals surface area contributed by atoms with Crippen molar-refractivity contribution in [2.45, 2.75) is 58.0 Å². The molecule has 1 unspecified atom stereocenters. The lowest BCUT2D eigenvalue weighted by atomic mass is 10.1. The summed E-state index contributed by atoms with van der Waals surface area (Å²) in [6.07, 6.45) is 7.03. The summed E-state index contributed by atoms with van der Waals surface area (Å²) in [5, 5.41) is 9.74. The van der Waals surface area contributed by atoms with E-state index in [0.29, 0.717) is 0 Å². The highest BCUT2D eigenvalue weighted by molar-refractivity contribution is 5.15. The van der Waals surface area contributed by atoms with E-state index in [1.807, 2.05) is 18.2 Å². The number of aliphatic hydroxyl groups excluding tert-OH is 1. The lowest BCUT2D eigenvalue weighted by Crippen LogP contribution is -2.04. The minimum Gasteiger partial charge on any atom is -0.380 e. The first kappa shape index (κ1) is 14.8. The zero-order valence-electron chi connectivity index (χ0n) is 11.4. The van der Waals surface area contributed by atoms with Crippen molar-refractivity contribution in [3.8, 4) is 11.8 Å². The fourth-order valence-electron chi connectivity index (χ4n) is 1.85. The fourth-order valence-corrected chi connectivity index (χ4v) is 1.85. The van der Waals surface area contributed by atoms with Crippen LogP contribution in [0, 0.1) is 11.8 Å². The second-order valence-electron chi connectivity index (χ2n) is 4.67. The molecule has 0 radical (unpaired) electrons. The highest BCUT2D eigenvalue weighted by Gasteiger charge is 1.99. The normalized spacial score (nSPS) is 11.7. The molecule has 0 aliphatic rings. The van der Waals surface area contributed by atoms with Crippen LogP contribution in [0.5, 0.6) is 0 Å². The van der Waals surface area contributed by atoms with Gasteiger partial charge in [0.15, 0.2) is 0 Å². The third-order valence-corrected chi connectivity index (χ3v) is 2.97. The van der Waals surface area contributed by atoms with Gasteiger partial charge in [-0.05, 0) is 24.8 Å². The van der Waals surface area contributed by atoms with Gasteiger partial charge < -0.3 is 5.11 Å². The van der Waals surface area contributed by atoms with Gasteiger partial charge in [0.2, 0.25) is 0 Å². The number of hydrogen-bond donors (Lipinski definition) is 1. The van der Waals surface area contributed by atoms with Crippen molar-refractivity contribution in [1.82, 2.24) is 0 Å². The Labute approximate surface area is 111 Å². The average molecular weight is 244 g/mol. The molecule has 0 aromatic heterocycles. The van der Waals surface area contributed by atoms with Crippen LogP contribution in [0.3, 0.4) is 0 Å². The van der Waals surface area contributed by atoms with Crippen LogP contribution in [-0.2, 0) is 6.42 Å². The third-order valence-electron chi connectivity index (χ3n) is 2.97. The van der Waals surface area contributed by atoms with Crippen LogP contribution in [0.25, 0.3) is 0 Å². The van der Waals surface area contributed by atoms with Crippen LogP contribution < -0.4 is 0 Å². The topological polar surface area (TPSA) is 20.2 Å². The lowest BCUT2D eigenvalue weighted by Gasteiger charge is -2.03. The van der Waals surface area contributed by atoms with Crippen molar-refractivity contribution in [2.24, 2.45) is 0 Å². The molecule has 1 heteroatoms. The van der Waals surface area contributed by atoms with Gasteiger partial charge >= 0.3 is 0 Å². The molecular weight excluding hydrogens is 220 g/mol. The van der Waals surface area contributed by atoms with Crippen molar-refractivity contribution in [2.75, 3.05) is 0 Å². The molecule has 0 heterocycles. The van der Waals surface area contributed by atoms with Gasteiger partial charge in [0.1, 0.15) is 6.10 Å². The Kier molecular flexibility index (Phi) is 8.01. The maximum absolute atomic E-state index is 9.74. The summed E-state index contributed by atoms with van der Waals surface area (Å²) in [5.74, 6) is 6.02. The number of aliphatic hydroxyl groups is 1. The van der Waals surface area contributed by atoms with Crippen molar-refractivity contribution < 1.29 is 5.11 Å². The standard InChI is InChI=1S/C17H24O/c1-2-3-4-5-6-10-13-17(18)15-14-16-11-8-7-9-12-16/h7-9,11-12,17-18H,2-6,14-15H2,1H3. The molecule has 0 aliphatic heterocycles. The Morgan fingerprint density at radius 1 is 1.11 bits per heavy atom. The highest BCUT2D eigenvalue weighted by atomic mass is 16.3. The summed E-state index contributed by atoms with van der Waals surface area (Å²) in [7, 11) is 0. The Hall–Kier alpha value is -1.26. The first-order chi connectivity index (χ1) is 8.83. The lowest BCUT2D eigenvalue weighted by molar-refractivity contribution is 0.222. The van der Waals surface area contributed by atoms with E-state index >= 15 is 0 Å². The summed E-state index contributed by atoms with van der Waals surface area (Å²) in [5.41, 5.74) is 1.27. The maximum atomic E-state index is 9.74. The molecule has 18 heavy (non-hydrogen) atoms. The molecule has 0 amide bonds. The van der Waals surface area contributed by atoms with Crippen LogP contribution >= 0.6 is 0 Å². The van der Waals surface area contributed by atoms with Crippen LogP contribution in [0.4, 0.5) is 0 Å². The van der Waals surface area contributed by atoms with E-state index in [9.17, 15) is 5.11 Å². The van der Waals surface area contributed by atoms with E-state index in [4.69, 9.17) is 0 Å².